The van der Waals surface area contributed by atoms with Crippen LogP contribution in [0.3, 0.4) is 0 Å². The van der Waals surface area contributed by atoms with Crippen molar-refractivity contribution in [2.75, 3.05) is 10.2 Å². The summed E-state index contributed by atoms with van der Waals surface area (Å²) in [5, 5.41) is 7.00. The molecule has 2 unspecified atom stereocenters. The number of benzene rings is 2. The van der Waals surface area contributed by atoms with Crippen LogP contribution in [-0.4, -0.2) is 16.0 Å². The van der Waals surface area contributed by atoms with Crippen LogP contribution in [-0.2, 0) is 4.79 Å². The number of carbonyl (C=O) groups is 1. The zero-order valence-electron chi connectivity index (χ0n) is 19.6. The van der Waals surface area contributed by atoms with E-state index in [1.54, 1.807) is 6.20 Å². The third-order valence-electron chi connectivity index (χ3n) is 6.16. The molecule has 0 saturated carbocycles. The van der Waals surface area contributed by atoms with Crippen LogP contribution in [0.2, 0.25) is 0 Å². The Morgan fingerprint density at radius 1 is 1.09 bits per heavy atom. The SMILES string of the molecule is CCC(=O)Nc1ccc(N2C(=S)NC(c3ccccn3)C2c2ccc(-c3ccccc3)o2)cc1C. The Labute approximate surface area is 210 Å². The first kappa shape index (κ1) is 22.8. The van der Waals surface area contributed by atoms with Gasteiger partial charge in [0.2, 0.25) is 5.91 Å². The van der Waals surface area contributed by atoms with Crippen molar-refractivity contribution in [1.82, 2.24) is 10.3 Å². The van der Waals surface area contributed by atoms with Crippen molar-refractivity contribution in [2.45, 2.75) is 32.4 Å². The Kier molecular flexibility index (Phi) is 6.33. The second-order valence-corrected chi connectivity index (χ2v) is 8.85. The number of hydrogen-bond acceptors (Lipinski definition) is 4. The van der Waals surface area contributed by atoms with Gasteiger partial charge in [-0.2, -0.15) is 0 Å². The summed E-state index contributed by atoms with van der Waals surface area (Å²) >= 11 is 5.82. The first-order chi connectivity index (χ1) is 17.0. The smallest absolute Gasteiger partial charge is 0.224 e. The van der Waals surface area contributed by atoms with Gasteiger partial charge >= 0.3 is 0 Å². The highest BCUT2D eigenvalue weighted by Crippen LogP contribution is 2.43. The number of nitrogens with one attached hydrogen (secondary N) is 2. The molecule has 3 heterocycles. The second kappa shape index (κ2) is 9.72. The summed E-state index contributed by atoms with van der Waals surface area (Å²) in [6.45, 7) is 3.82. The number of aromatic nitrogens is 1. The molecular formula is C28H26N4O2S. The van der Waals surface area contributed by atoms with E-state index in [1.165, 1.54) is 0 Å². The molecule has 6 nitrogen and oxygen atoms in total. The molecule has 2 N–H and O–H groups in total. The van der Waals surface area contributed by atoms with Crippen LogP contribution in [0.15, 0.2) is 89.5 Å². The molecule has 1 aliphatic rings. The molecular weight excluding hydrogens is 456 g/mol. The maximum absolute atomic E-state index is 11.9. The molecule has 35 heavy (non-hydrogen) atoms. The number of carbonyl (C=O) groups excluding carboxylic acids is 1. The Balaban J connectivity index is 1.56. The van der Waals surface area contributed by atoms with Crippen LogP contribution >= 0.6 is 12.2 Å². The molecule has 0 spiro atoms. The van der Waals surface area contributed by atoms with E-state index in [9.17, 15) is 4.79 Å². The van der Waals surface area contributed by atoms with Gasteiger partial charge in [-0.25, -0.2) is 0 Å². The Morgan fingerprint density at radius 2 is 1.89 bits per heavy atom. The zero-order valence-corrected chi connectivity index (χ0v) is 20.4. The molecule has 5 rings (SSSR count). The minimum Gasteiger partial charge on any atom is -0.459 e. The fourth-order valence-corrected chi connectivity index (χ4v) is 4.71. The lowest BCUT2D eigenvalue weighted by Gasteiger charge is -2.26. The van der Waals surface area contributed by atoms with Crippen molar-refractivity contribution in [3.05, 3.63) is 102 Å². The monoisotopic (exact) mass is 482 g/mol. The molecule has 4 aromatic rings. The van der Waals surface area contributed by atoms with Crippen molar-refractivity contribution >= 4 is 34.6 Å². The summed E-state index contributed by atoms with van der Waals surface area (Å²) < 4.78 is 6.40. The molecule has 7 heteroatoms. The van der Waals surface area contributed by atoms with Gasteiger partial charge in [0.25, 0.3) is 0 Å². The standard InChI is InChI=1S/C28H26N4O2S/c1-3-25(33)30-21-13-12-20(17-18(21)2)32-27(26(31-28(32)35)22-11-7-8-16-29-22)24-15-14-23(34-24)19-9-5-4-6-10-19/h4-17,26-27H,3H2,1-2H3,(H,30,33)(H,31,35). The van der Waals surface area contributed by atoms with E-state index >= 15 is 0 Å². The van der Waals surface area contributed by atoms with E-state index in [-0.39, 0.29) is 18.0 Å². The summed E-state index contributed by atoms with van der Waals surface area (Å²) in [6.07, 6.45) is 2.21. The molecule has 0 bridgehead atoms. The van der Waals surface area contributed by atoms with Gasteiger partial charge in [-0.05, 0) is 67.2 Å². The lowest BCUT2D eigenvalue weighted by atomic mass is 10.0. The largest absolute Gasteiger partial charge is 0.459 e. The third kappa shape index (κ3) is 4.55. The van der Waals surface area contributed by atoms with E-state index in [0.717, 1.165) is 39.7 Å². The highest BCUT2D eigenvalue weighted by molar-refractivity contribution is 7.80. The Morgan fingerprint density at radius 3 is 2.60 bits per heavy atom. The number of anilines is 2. The average Bonchev–Trinajstić information content (AvgIpc) is 3.51. The van der Waals surface area contributed by atoms with Gasteiger partial charge in [0.1, 0.15) is 17.6 Å². The number of furan rings is 1. The molecule has 2 aromatic heterocycles. The van der Waals surface area contributed by atoms with Gasteiger partial charge in [0, 0.05) is 29.6 Å². The molecule has 1 fully saturated rings. The van der Waals surface area contributed by atoms with Crippen molar-refractivity contribution in [3.63, 3.8) is 0 Å². The van der Waals surface area contributed by atoms with E-state index in [1.807, 2.05) is 92.7 Å². The maximum Gasteiger partial charge on any atom is 0.224 e. The minimum atomic E-state index is -0.245. The summed E-state index contributed by atoms with van der Waals surface area (Å²) in [5.74, 6) is 1.57. The lowest BCUT2D eigenvalue weighted by molar-refractivity contribution is -0.115. The highest BCUT2D eigenvalue weighted by atomic mass is 32.1. The molecule has 176 valence electrons. The zero-order chi connectivity index (χ0) is 24.4. The molecule has 2 atom stereocenters. The Bertz CT molecular complexity index is 1350. The topological polar surface area (TPSA) is 70.4 Å². The molecule has 2 aromatic carbocycles. The van der Waals surface area contributed by atoms with Gasteiger partial charge in [-0.15, -0.1) is 0 Å². The van der Waals surface area contributed by atoms with E-state index < -0.39 is 0 Å². The number of hydrogen-bond donors (Lipinski definition) is 2. The average molecular weight is 483 g/mol. The van der Waals surface area contributed by atoms with Crippen LogP contribution in [0.5, 0.6) is 0 Å². The van der Waals surface area contributed by atoms with Crippen LogP contribution in [0.1, 0.15) is 42.4 Å². The maximum atomic E-state index is 11.9. The van der Waals surface area contributed by atoms with Crippen molar-refractivity contribution in [2.24, 2.45) is 0 Å². The fraction of sp³-hybridized carbons (Fsp3) is 0.179. The van der Waals surface area contributed by atoms with E-state index in [4.69, 9.17) is 16.6 Å². The minimum absolute atomic E-state index is 0.0173. The normalized spacial score (nSPS) is 17.3. The van der Waals surface area contributed by atoms with Crippen molar-refractivity contribution < 1.29 is 9.21 Å². The summed E-state index contributed by atoms with van der Waals surface area (Å²) in [4.78, 5) is 18.6. The first-order valence-electron chi connectivity index (χ1n) is 11.6. The number of amides is 1. The van der Waals surface area contributed by atoms with Crippen LogP contribution in [0.4, 0.5) is 11.4 Å². The number of thiocarbonyl (C=S) groups is 1. The van der Waals surface area contributed by atoms with Gasteiger partial charge in [-0.1, -0.05) is 43.3 Å². The summed E-state index contributed by atoms with van der Waals surface area (Å²) in [7, 11) is 0. The van der Waals surface area contributed by atoms with Crippen LogP contribution in [0, 0.1) is 6.92 Å². The third-order valence-corrected chi connectivity index (χ3v) is 6.47. The van der Waals surface area contributed by atoms with E-state index in [2.05, 4.69) is 20.5 Å². The molecule has 1 aliphatic heterocycles. The predicted molar refractivity (Wildman–Crippen MR) is 142 cm³/mol. The predicted octanol–water partition coefficient (Wildman–Crippen LogP) is 6.18. The quantitative estimate of drug-likeness (QED) is 0.320. The molecule has 1 amide bonds. The van der Waals surface area contributed by atoms with Crippen molar-refractivity contribution in [1.29, 1.82) is 0 Å². The van der Waals surface area contributed by atoms with Crippen molar-refractivity contribution in [3.8, 4) is 11.3 Å². The molecule has 1 saturated heterocycles. The van der Waals surface area contributed by atoms with Gasteiger partial charge in [-0.3, -0.25) is 9.78 Å². The number of pyridine rings is 1. The van der Waals surface area contributed by atoms with Gasteiger partial charge in [0.15, 0.2) is 5.11 Å². The second-order valence-electron chi connectivity index (χ2n) is 8.47. The Hall–Kier alpha value is -3.97. The summed E-state index contributed by atoms with van der Waals surface area (Å²) in [5.41, 5.74) is 4.55. The molecule has 0 radical (unpaired) electrons. The summed E-state index contributed by atoms with van der Waals surface area (Å²) in [6, 6.07) is 25.4. The van der Waals surface area contributed by atoms with Gasteiger partial charge < -0.3 is 20.0 Å². The molecule has 0 aliphatic carbocycles. The lowest BCUT2D eigenvalue weighted by Crippen LogP contribution is -2.29. The van der Waals surface area contributed by atoms with E-state index in [0.29, 0.717) is 11.5 Å². The van der Waals surface area contributed by atoms with Gasteiger partial charge in [0.05, 0.1) is 11.7 Å². The number of rotatable bonds is 6. The fourth-order valence-electron chi connectivity index (χ4n) is 4.37. The number of nitrogens with zero attached hydrogens (tertiary/aromatic N) is 2. The van der Waals surface area contributed by atoms with Crippen LogP contribution in [0.25, 0.3) is 11.3 Å². The first-order valence-corrected chi connectivity index (χ1v) is 12.0. The number of aryl methyl sites for hydroxylation is 1. The van der Waals surface area contributed by atoms with Crippen LogP contribution < -0.4 is 15.5 Å². The highest BCUT2D eigenvalue weighted by Gasteiger charge is 2.42.